The summed E-state index contributed by atoms with van der Waals surface area (Å²) in [4.78, 5) is 0. The molecule has 0 aliphatic carbocycles. The Morgan fingerprint density at radius 1 is 0.656 bits per heavy atom. The van der Waals surface area contributed by atoms with E-state index in [9.17, 15) is 5.11 Å². The lowest BCUT2D eigenvalue weighted by molar-refractivity contribution is 0.208. The molecule has 2 nitrogen and oxygen atoms in total. The van der Waals surface area contributed by atoms with Gasteiger partial charge in [0.25, 0.3) is 0 Å². The molecule has 2 N–H and O–H groups in total. The number of allylic oxidation sites excluding steroid dienone is 4. The topological polar surface area (TPSA) is 40.5 Å². The van der Waals surface area contributed by atoms with Crippen LogP contribution in [-0.2, 0) is 0 Å². The molecule has 2 heteroatoms. The summed E-state index contributed by atoms with van der Waals surface area (Å²) in [6, 6.07) is 0. The van der Waals surface area contributed by atoms with Gasteiger partial charge in [-0.05, 0) is 43.9 Å². The molecular formula is C30H44O2. The lowest BCUT2D eigenvalue weighted by Gasteiger charge is -2.05. The first-order chi connectivity index (χ1) is 15.7. The van der Waals surface area contributed by atoms with Crippen molar-refractivity contribution < 1.29 is 10.2 Å². The lowest BCUT2D eigenvalue weighted by atomic mass is 10.0. The maximum atomic E-state index is 9.65. The molecule has 0 aliphatic heterocycles. The molecule has 0 heterocycles. The van der Waals surface area contributed by atoms with Crippen molar-refractivity contribution in [3.63, 3.8) is 0 Å². The summed E-state index contributed by atoms with van der Waals surface area (Å²) in [7, 11) is 0. The molecule has 0 spiro atoms. The normalized spacial score (nSPS) is 13.1. The van der Waals surface area contributed by atoms with E-state index in [4.69, 9.17) is 18.0 Å². The van der Waals surface area contributed by atoms with Crippen LogP contribution in [0.15, 0.2) is 36.5 Å². The highest BCUT2D eigenvalue weighted by molar-refractivity contribution is 5.10. The van der Waals surface area contributed by atoms with Crippen LogP contribution in [0.5, 0.6) is 0 Å². The minimum absolute atomic E-state index is 0.379. The molecule has 0 aromatic heterocycles. The van der Waals surface area contributed by atoms with E-state index in [-0.39, 0.29) is 6.10 Å². The van der Waals surface area contributed by atoms with E-state index in [1.54, 1.807) is 18.2 Å². The van der Waals surface area contributed by atoms with Crippen LogP contribution in [0.4, 0.5) is 0 Å². The summed E-state index contributed by atoms with van der Waals surface area (Å²) in [6.45, 7) is 0. The monoisotopic (exact) mass is 436 g/mol. The molecular weight excluding hydrogens is 392 g/mol. The summed E-state index contributed by atoms with van der Waals surface area (Å²) in [6.07, 6.45) is 38.9. The van der Waals surface area contributed by atoms with Crippen LogP contribution in [0, 0.1) is 36.5 Å². The second kappa shape index (κ2) is 25.1. The molecule has 0 rings (SSSR count). The van der Waals surface area contributed by atoms with Crippen molar-refractivity contribution in [3.05, 3.63) is 36.5 Å². The van der Waals surface area contributed by atoms with E-state index >= 15 is 0 Å². The molecule has 0 saturated heterocycles. The third-order valence-corrected chi connectivity index (χ3v) is 5.22. The average Bonchev–Trinajstić information content (AvgIpc) is 2.80. The van der Waals surface area contributed by atoms with E-state index in [2.05, 4.69) is 35.8 Å². The highest BCUT2D eigenvalue weighted by Gasteiger charge is 1.98. The van der Waals surface area contributed by atoms with Crippen molar-refractivity contribution in [2.45, 2.75) is 115 Å². The van der Waals surface area contributed by atoms with Gasteiger partial charge in [-0.2, -0.15) is 0 Å². The van der Waals surface area contributed by atoms with Crippen molar-refractivity contribution in [2.24, 2.45) is 0 Å². The van der Waals surface area contributed by atoms with E-state index in [0.29, 0.717) is 0 Å². The highest BCUT2D eigenvalue weighted by atomic mass is 16.3. The fourth-order valence-corrected chi connectivity index (χ4v) is 3.33. The molecule has 0 radical (unpaired) electrons. The van der Waals surface area contributed by atoms with Gasteiger partial charge >= 0.3 is 0 Å². The molecule has 0 bridgehead atoms. The van der Waals surface area contributed by atoms with Crippen LogP contribution in [-0.4, -0.2) is 22.4 Å². The first kappa shape index (κ1) is 29.8. The van der Waals surface area contributed by atoms with Gasteiger partial charge in [-0.25, -0.2) is 0 Å². The van der Waals surface area contributed by atoms with E-state index in [1.807, 2.05) is 6.08 Å². The standard InChI is InChI=1S/C30H44O2/c1-3-5-26-30(32)28-25-23-21-19-17-15-13-11-9-7-6-8-10-12-14-16-18-20-22-24-27-29(31)4-2/h1-2,5,10,12,24,26-27,29-32H,6-9,11,13-15,17,19-23,25,28H2/b12-10-,26-5-,27-24+/t29-,30+/m0/s1. The number of aliphatic hydroxyl groups is 2. The van der Waals surface area contributed by atoms with Crippen LogP contribution >= 0.6 is 0 Å². The van der Waals surface area contributed by atoms with Crippen molar-refractivity contribution in [1.29, 1.82) is 0 Å². The van der Waals surface area contributed by atoms with Crippen LogP contribution in [0.25, 0.3) is 0 Å². The molecule has 0 saturated carbocycles. The summed E-state index contributed by atoms with van der Waals surface area (Å²) in [5.41, 5.74) is 0. The number of hydrogen-bond donors (Lipinski definition) is 2. The van der Waals surface area contributed by atoms with Gasteiger partial charge in [0.1, 0.15) is 6.10 Å². The summed E-state index contributed by atoms with van der Waals surface area (Å²) in [5, 5.41) is 18.8. The Balaban J connectivity index is 3.31. The van der Waals surface area contributed by atoms with Gasteiger partial charge in [0.2, 0.25) is 0 Å². The summed E-state index contributed by atoms with van der Waals surface area (Å²) in [5.74, 6) is 10.9. The van der Waals surface area contributed by atoms with Crippen LogP contribution in [0.2, 0.25) is 0 Å². The van der Waals surface area contributed by atoms with E-state index < -0.39 is 6.10 Å². The molecule has 0 aliphatic rings. The Bertz CT molecular complexity index is 645. The fraction of sp³-hybridized carbons (Fsp3) is 0.600. The minimum atomic E-state index is -0.776. The van der Waals surface area contributed by atoms with Crippen molar-refractivity contribution >= 4 is 0 Å². The predicted molar refractivity (Wildman–Crippen MR) is 139 cm³/mol. The van der Waals surface area contributed by atoms with Crippen molar-refractivity contribution in [1.82, 2.24) is 0 Å². The Morgan fingerprint density at radius 3 is 1.91 bits per heavy atom. The number of unbranched alkanes of at least 4 members (excludes halogenated alkanes) is 12. The molecule has 0 aromatic carbocycles. The zero-order valence-corrected chi connectivity index (χ0v) is 20.0. The zero-order valence-electron chi connectivity index (χ0n) is 20.0. The first-order valence-electron chi connectivity index (χ1n) is 12.4. The summed E-state index contributed by atoms with van der Waals surface area (Å²) >= 11 is 0. The number of aliphatic hydroxyl groups excluding tert-OH is 2. The maximum absolute atomic E-state index is 9.65. The second-order valence-electron chi connectivity index (χ2n) is 8.17. The number of hydrogen-bond acceptors (Lipinski definition) is 2. The molecule has 32 heavy (non-hydrogen) atoms. The zero-order chi connectivity index (χ0) is 23.5. The molecule has 0 aromatic rings. The third kappa shape index (κ3) is 24.1. The van der Waals surface area contributed by atoms with E-state index in [1.165, 1.54) is 64.2 Å². The van der Waals surface area contributed by atoms with Gasteiger partial charge in [0.15, 0.2) is 0 Å². The van der Waals surface area contributed by atoms with Gasteiger partial charge in [-0.15, -0.1) is 18.8 Å². The van der Waals surface area contributed by atoms with Crippen molar-refractivity contribution in [2.75, 3.05) is 0 Å². The van der Waals surface area contributed by atoms with Gasteiger partial charge in [0, 0.05) is 12.8 Å². The Kier molecular flexibility index (Phi) is 23.4. The largest absolute Gasteiger partial charge is 0.389 e. The average molecular weight is 437 g/mol. The lowest BCUT2D eigenvalue weighted by Crippen LogP contribution is -2.01. The van der Waals surface area contributed by atoms with Gasteiger partial charge in [0.05, 0.1) is 6.10 Å². The maximum Gasteiger partial charge on any atom is 0.133 e. The minimum Gasteiger partial charge on any atom is -0.389 e. The molecule has 2 atom stereocenters. The number of rotatable bonds is 19. The van der Waals surface area contributed by atoms with Crippen molar-refractivity contribution in [3.8, 4) is 36.5 Å². The number of terminal acetylenes is 2. The highest BCUT2D eigenvalue weighted by Crippen LogP contribution is 2.13. The third-order valence-electron chi connectivity index (χ3n) is 5.22. The quantitative estimate of drug-likeness (QED) is 0.131. The van der Waals surface area contributed by atoms with Gasteiger partial charge < -0.3 is 10.2 Å². The first-order valence-corrected chi connectivity index (χ1v) is 12.4. The fourth-order valence-electron chi connectivity index (χ4n) is 3.33. The Morgan fingerprint density at radius 2 is 1.28 bits per heavy atom. The molecule has 0 fully saturated rings. The van der Waals surface area contributed by atoms with Gasteiger partial charge in [-0.1, -0.05) is 100 Å². The van der Waals surface area contributed by atoms with Gasteiger partial charge in [-0.3, -0.25) is 0 Å². The predicted octanol–water partition coefficient (Wildman–Crippen LogP) is 6.89. The van der Waals surface area contributed by atoms with Crippen LogP contribution in [0.1, 0.15) is 103 Å². The summed E-state index contributed by atoms with van der Waals surface area (Å²) < 4.78 is 0. The SMILES string of the molecule is C#C/C=C\[C@@H](O)CCCCCCCCCCCCC/C=C\CC#CCC/C=C/[C@@H](O)C#C. The smallest absolute Gasteiger partial charge is 0.133 e. The Labute approximate surface area is 198 Å². The second-order valence-corrected chi connectivity index (χ2v) is 8.17. The van der Waals surface area contributed by atoms with Crippen LogP contribution < -0.4 is 0 Å². The van der Waals surface area contributed by atoms with E-state index in [0.717, 1.165) is 38.5 Å². The molecule has 0 amide bonds. The molecule has 176 valence electrons. The Hall–Kier alpha value is -2.18. The van der Waals surface area contributed by atoms with Crippen LogP contribution in [0.3, 0.4) is 0 Å². The molecule has 0 unspecified atom stereocenters.